The number of aryl methyl sites for hydroxylation is 1. The van der Waals surface area contributed by atoms with Gasteiger partial charge in [-0.3, -0.25) is 4.79 Å². The van der Waals surface area contributed by atoms with E-state index in [1.54, 1.807) is 6.26 Å². The summed E-state index contributed by atoms with van der Waals surface area (Å²) in [7, 11) is 0. The number of ether oxygens (including phenoxy) is 1. The Kier molecular flexibility index (Phi) is 4.10. The molecule has 3 aromatic carbocycles. The van der Waals surface area contributed by atoms with Crippen molar-refractivity contribution in [3.63, 3.8) is 0 Å². The number of allylic oxidation sites excluding steroid dienone is 1. The van der Waals surface area contributed by atoms with Crippen LogP contribution in [0.2, 0.25) is 0 Å². The molecule has 0 aliphatic heterocycles. The van der Waals surface area contributed by atoms with Gasteiger partial charge in [-0.25, -0.2) is 0 Å². The number of fused-ring (bicyclic) bond motifs is 2. The van der Waals surface area contributed by atoms with Crippen molar-refractivity contribution >= 4 is 22.3 Å². The molecule has 1 atom stereocenters. The SMILES string of the molecule is CC(=O)O/C=C1\c2ccccc2CCC1c1ccc2ccccc2c1. The standard InChI is InChI=1S/C23H20O2/c1-16(24)25-15-23-21-9-5-4-7-18(21)12-13-22(23)20-11-10-17-6-2-3-8-19(17)14-20/h2-11,14-15,22H,12-13H2,1H3/b23-15+. The molecule has 4 rings (SSSR count). The monoisotopic (exact) mass is 328 g/mol. The number of hydrogen-bond acceptors (Lipinski definition) is 2. The van der Waals surface area contributed by atoms with Crippen LogP contribution in [0, 0.1) is 0 Å². The molecule has 0 heterocycles. The van der Waals surface area contributed by atoms with E-state index >= 15 is 0 Å². The summed E-state index contributed by atoms with van der Waals surface area (Å²) in [4.78, 5) is 11.3. The van der Waals surface area contributed by atoms with Gasteiger partial charge in [0.15, 0.2) is 0 Å². The molecule has 0 radical (unpaired) electrons. The van der Waals surface area contributed by atoms with Crippen molar-refractivity contribution in [2.24, 2.45) is 0 Å². The fourth-order valence-electron chi connectivity index (χ4n) is 3.73. The fraction of sp³-hybridized carbons (Fsp3) is 0.174. The Hall–Kier alpha value is -2.87. The summed E-state index contributed by atoms with van der Waals surface area (Å²) in [6.45, 7) is 1.44. The Morgan fingerprint density at radius 1 is 1.00 bits per heavy atom. The van der Waals surface area contributed by atoms with Crippen LogP contribution in [0.3, 0.4) is 0 Å². The molecule has 1 aliphatic rings. The number of rotatable bonds is 2. The minimum absolute atomic E-state index is 0.235. The average Bonchev–Trinajstić information content (AvgIpc) is 2.65. The summed E-state index contributed by atoms with van der Waals surface area (Å²) < 4.78 is 5.28. The van der Waals surface area contributed by atoms with E-state index < -0.39 is 0 Å². The highest BCUT2D eigenvalue weighted by atomic mass is 16.5. The van der Waals surface area contributed by atoms with E-state index in [2.05, 4.69) is 60.7 Å². The van der Waals surface area contributed by atoms with Crippen LogP contribution >= 0.6 is 0 Å². The van der Waals surface area contributed by atoms with E-state index in [0.717, 1.165) is 18.4 Å². The predicted octanol–water partition coefficient (Wildman–Crippen LogP) is 5.47. The number of benzene rings is 3. The van der Waals surface area contributed by atoms with Crippen molar-refractivity contribution in [2.45, 2.75) is 25.7 Å². The molecule has 2 nitrogen and oxygen atoms in total. The zero-order valence-electron chi connectivity index (χ0n) is 14.2. The summed E-state index contributed by atoms with van der Waals surface area (Å²) in [5.74, 6) is -0.0494. The first-order valence-corrected chi connectivity index (χ1v) is 8.66. The molecule has 25 heavy (non-hydrogen) atoms. The lowest BCUT2D eigenvalue weighted by atomic mass is 9.76. The van der Waals surface area contributed by atoms with E-state index in [4.69, 9.17) is 4.74 Å². The van der Waals surface area contributed by atoms with Gasteiger partial charge in [-0.2, -0.15) is 0 Å². The van der Waals surface area contributed by atoms with Crippen LogP contribution in [0.25, 0.3) is 16.3 Å². The van der Waals surface area contributed by atoms with Crippen molar-refractivity contribution < 1.29 is 9.53 Å². The fourth-order valence-corrected chi connectivity index (χ4v) is 3.73. The maximum Gasteiger partial charge on any atom is 0.307 e. The Bertz CT molecular complexity index is 968. The van der Waals surface area contributed by atoms with Gasteiger partial charge in [0.25, 0.3) is 0 Å². The first-order valence-electron chi connectivity index (χ1n) is 8.66. The van der Waals surface area contributed by atoms with Crippen molar-refractivity contribution in [3.8, 4) is 0 Å². The maximum absolute atomic E-state index is 11.3. The van der Waals surface area contributed by atoms with Gasteiger partial charge >= 0.3 is 5.97 Å². The molecule has 0 saturated carbocycles. The molecule has 2 heteroatoms. The van der Waals surface area contributed by atoms with Crippen LogP contribution in [0.1, 0.15) is 36.0 Å². The minimum Gasteiger partial charge on any atom is -0.434 e. The van der Waals surface area contributed by atoms with Crippen LogP contribution in [0.15, 0.2) is 73.0 Å². The van der Waals surface area contributed by atoms with E-state index in [9.17, 15) is 4.79 Å². The lowest BCUT2D eigenvalue weighted by Crippen LogP contribution is -2.12. The van der Waals surface area contributed by atoms with Gasteiger partial charge in [-0.05, 0) is 40.3 Å². The van der Waals surface area contributed by atoms with Crippen molar-refractivity contribution in [1.29, 1.82) is 0 Å². The normalized spacial score (nSPS) is 18.1. The summed E-state index contributed by atoms with van der Waals surface area (Å²) in [5, 5.41) is 2.48. The van der Waals surface area contributed by atoms with Gasteiger partial charge in [0.05, 0.1) is 6.26 Å². The number of esters is 1. The first kappa shape index (κ1) is 15.6. The van der Waals surface area contributed by atoms with Gasteiger partial charge in [-0.15, -0.1) is 0 Å². The molecule has 3 aromatic rings. The third-order valence-corrected chi connectivity index (χ3v) is 4.93. The third-order valence-electron chi connectivity index (χ3n) is 4.93. The van der Waals surface area contributed by atoms with Crippen LogP contribution in [0.4, 0.5) is 0 Å². The van der Waals surface area contributed by atoms with Gasteiger partial charge < -0.3 is 4.74 Å². The molecule has 0 spiro atoms. The number of carbonyl (C=O) groups is 1. The molecule has 0 fully saturated rings. The smallest absolute Gasteiger partial charge is 0.307 e. The highest BCUT2D eigenvalue weighted by molar-refractivity contribution is 5.85. The van der Waals surface area contributed by atoms with E-state index in [1.807, 2.05) is 6.07 Å². The lowest BCUT2D eigenvalue weighted by molar-refractivity contribution is -0.135. The molecule has 0 saturated heterocycles. The highest BCUT2D eigenvalue weighted by Gasteiger charge is 2.26. The van der Waals surface area contributed by atoms with Crippen LogP contribution in [-0.4, -0.2) is 5.97 Å². The van der Waals surface area contributed by atoms with Crippen molar-refractivity contribution in [2.75, 3.05) is 0 Å². The number of carbonyl (C=O) groups excluding carboxylic acids is 1. The Morgan fingerprint density at radius 3 is 2.60 bits per heavy atom. The van der Waals surface area contributed by atoms with Crippen LogP contribution in [-0.2, 0) is 16.0 Å². The quantitative estimate of drug-likeness (QED) is 0.460. The van der Waals surface area contributed by atoms with E-state index in [1.165, 1.54) is 34.4 Å². The predicted molar refractivity (Wildman–Crippen MR) is 101 cm³/mol. The summed E-state index contributed by atoms with van der Waals surface area (Å²) in [6, 6.07) is 23.4. The molecule has 0 amide bonds. The molecular formula is C23H20O2. The molecule has 124 valence electrons. The van der Waals surface area contributed by atoms with Crippen molar-refractivity contribution in [1.82, 2.24) is 0 Å². The van der Waals surface area contributed by atoms with Gasteiger partial charge in [0.2, 0.25) is 0 Å². The highest BCUT2D eigenvalue weighted by Crippen LogP contribution is 2.42. The Labute approximate surface area is 147 Å². The number of hydrogen-bond donors (Lipinski definition) is 0. The van der Waals surface area contributed by atoms with Gasteiger partial charge in [-0.1, -0.05) is 66.7 Å². The van der Waals surface area contributed by atoms with Gasteiger partial charge in [0, 0.05) is 18.4 Å². The molecule has 0 bridgehead atoms. The second-order valence-corrected chi connectivity index (χ2v) is 6.54. The Morgan fingerprint density at radius 2 is 1.76 bits per heavy atom. The minimum atomic E-state index is -0.284. The first-order chi connectivity index (χ1) is 12.2. The van der Waals surface area contributed by atoms with Crippen LogP contribution in [0.5, 0.6) is 0 Å². The molecular weight excluding hydrogens is 308 g/mol. The zero-order valence-corrected chi connectivity index (χ0v) is 14.2. The summed E-state index contributed by atoms with van der Waals surface area (Å²) >= 11 is 0. The second-order valence-electron chi connectivity index (χ2n) is 6.54. The zero-order chi connectivity index (χ0) is 17.2. The van der Waals surface area contributed by atoms with E-state index in [-0.39, 0.29) is 11.9 Å². The summed E-state index contributed by atoms with van der Waals surface area (Å²) in [6.07, 6.45) is 3.70. The van der Waals surface area contributed by atoms with Gasteiger partial charge in [0.1, 0.15) is 0 Å². The topological polar surface area (TPSA) is 26.3 Å². The Balaban J connectivity index is 1.81. The van der Waals surface area contributed by atoms with Crippen molar-refractivity contribution in [3.05, 3.63) is 89.7 Å². The largest absolute Gasteiger partial charge is 0.434 e. The van der Waals surface area contributed by atoms with E-state index in [0.29, 0.717) is 0 Å². The summed E-state index contributed by atoms with van der Waals surface area (Å²) in [5.41, 5.74) is 4.87. The molecule has 0 N–H and O–H groups in total. The third kappa shape index (κ3) is 3.08. The molecule has 1 unspecified atom stereocenters. The molecule has 0 aromatic heterocycles. The second kappa shape index (κ2) is 6.56. The average molecular weight is 328 g/mol. The molecule has 1 aliphatic carbocycles. The maximum atomic E-state index is 11.3. The van der Waals surface area contributed by atoms with Crippen LogP contribution < -0.4 is 0 Å². The lowest BCUT2D eigenvalue weighted by Gasteiger charge is -2.28.